The molecule has 0 aromatic rings. The number of nitrogens with zero attached hydrogens (tertiary/aromatic N) is 2. The number of amidine groups is 1. The van der Waals surface area contributed by atoms with E-state index in [1.807, 2.05) is 23.6 Å². The van der Waals surface area contributed by atoms with Crippen molar-refractivity contribution in [1.29, 1.82) is 5.41 Å². The van der Waals surface area contributed by atoms with Gasteiger partial charge in [0.1, 0.15) is 0 Å². The van der Waals surface area contributed by atoms with Crippen molar-refractivity contribution in [2.75, 3.05) is 26.2 Å². The van der Waals surface area contributed by atoms with Crippen LogP contribution in [0.2, 0.25) is 0 Å². The van der Waals surface area contributed by atoms with Gasteiger partial charge in [0.05, 0.1) is 5.84 Å². The lowest BCUT2D eigenvalue weighted by Gasteiger charge is -2.30. The van der Waals surface area contributed by atoms with E-state index in [4.69, 9.17) is 5.41 Å². The fourth-order valence-corrected chi connectivity index (χ4v) is 2.10. The maximum Gasteiger partial charge on any atom is 0.224 e. The highest BCUT2D eigenvalue weighted by atomic mass is 16.2. The maximum absolute atomic E-state index is 11.8. The third-order valence-corrected chi connectivity index (χ3v) is 3.19. The summed E-state index contributed by atoms with van der Waals surface area (Å²) in [5.74, 6) is 0.918. The third kappa shape index (κ3) is 3.51. The predicted molar refractivity (Wildman–Crippen MR) is 65.7 cm³/mol. The summed E-state index contributed by atoms with van der Waals surface area (Å²) in [6.45, 7) is 7.24. The van der Waals surface area contributed by atoms with Gasteiger partial charge in [-0.25, -0.2) is 0 Å². The molecule has 4 nitrogen and oxygen atoms in total. The average molecular weight is 225 g/mol. The molecule has 0 radical (unpaired) electrons. The van der Waals surface area contributed by atoms with E-state index < -0.39 is 0 Å². The molecule has 92 valence electrons. The lowest BCUT2D eigenvalue weighted by atomic mass is 10.1. The van der Waals surface area contributed by atoms with Gasteiger partial charge in [-0.3, -0.25) is 10.2 Å². The van der Waals surface area contributed by atoms with Crippen LogP contribution >= 0.6 is 0 Å². The summed E-state index contributed by atoms with van der Waals surface area (Å²) >= 11 is 0. The summed E-state index contributed by atoms with van der Waals surface area (Å²) in [5.41, 5.74) is 0. The minimum atomic E-state index is 0.211. The van der Waals surface area contributed by atoms with Crippen molar-refractivity contribution in [3.8, 4) is 0 Å². The van der Waals surface area contributed by atoms with Crippen molar-refractivity contribution in [1.82, 2.24) is 9.80 Å². The normalized spacial score (nSPS) is 16.4. The van der Waals surface area contributed by atoms with Crippen molar-refractivity contribution < 1.29 is 4.79 Å². The van der Waals surface area contributed by atoms with Crippen molar-refractivity contribution in [3.63, 3.8) is 0 Å². The second-order valence-corrected chi connectivity index (χ2v) is 4.21. The van der Waals surface area contributed by atoms with Crippen LogP contribution in [0.15, 0.2) is 0 Å². The van der Waals surface area contributed by atoms with Crippen molar-refractivity contribution in [2.45, 2.75) is 39.5 Å². The van der Waals surface area contributed by atoms with Crippen LogP contribution in [-0.2, 0) is 4.79 Å². The van der Waals surface area contributed by atoms with Crippen LogP contribution < -0.4 is 0 Å². The summed E-state index contributed by atoms with van der Waals surface area (Å²) in [5, 5.41) is 7.79. The molecule has 16 heavy (non-hydrogen) atoms. The fraction of sp³-hybridized carbons (Fsp3) is 0.833. The predicted octanol–water partition coefficient (Wildman–Crippen LogP) is 1.71. The fourth-order valence-electron chi connectivity index (χ4n) is 2.10. The van der Waals surface area contributed by atoms with Crippen LogP contribution in [0, 0.1) is 5.41 Å². The average Bonchev–Trinajstić information content (AvgIpc) is 2.29. The summed E-state index contributed by atoms with van der Waals surface area (Å²) in [7, 11) is 0. The van der Waals surface area contributed by atoms with Crippen LogP contribution in [0.5, 0.6) is 0 Å². The highest BCUT2D eigenvalue weighted by molar-refractivity contribution is 5.81. The molecule has 4 heteroatoms. The molecule has 1 rings (SSSR count). The molecule has 0 unspecified atom stereocenters. The van der Waals surface area contributed by atoms with E-state index in [1.165, 1.54) is 0 Å². The molecule has 0 aromatic heterocycles. The number of piperidine rings is 1. The summed E-state index contributed by atoms with van der Waals surface area (Å²) in [6, 6.07) is 0. The molecule has 1 amide bonds. The monoisotopic (exact) mass is 225 g/mol. The van der Waals surface area contributed by atoms with E-state index >= 15 is 0 Å². The first-order chi connectivity index (χ1) is 7.69. The second-order valence-electron chi connectivity index (χ2n) is 4.21. The molecule has 0 saturated carbocycles. The maximum atomic E-state index is 11.8. The van der Waals surface area contributed by atoms with Crippen LogP contribution in [0.4, 0.5) is 0 Å². The standard InChI is InChI=1S/C12H23N3O/c1-3-14(4-2)12(16)8-10-15-9-6-5-7-11(15)13/h13H,3-10H2,1-2H3. The molecule has 1 saturated heterocycles. The topological polar surface area (TPSA) is 47.4 Å². The number of rotatable bonds is 5. The number of carbonyl (C=O) groups excluding carboxylic acids is 1. The first-order valence-corrected chi connectivity index (χ1v) is 6.29. The SMILES string of the molecule is CCN(CC)C(=O)CCN1CCCCC1=N. The Labute approximate surface area is 98.1 Å². The Morgan fingerprint density at radius 3 is 2.62 bits per heavy atom. The number of hydrogen-bond donors (Lipinski definition) is 1. The van der Waals surface area contributed by atoms with Crippen molar-refractivity contribution in [2.24, 2.45) is 0 Å². The minimum Gasteiger partial charge on any atom is -0.360 e. The van der Waals surface area contributed by atoms with Crippen molar-refractivity contribution in [3.05, 3.63) is 0 Å². The Morgan fingerprint density at radius 1 is 1.38 bits per heavy atom. The molecule has 0 spiro atoms. The molecular formula is C12H23N3O. The molecule has 1 aliphatic rings. The first-order valence-electron chi connectivity index (χ1n) is 6.29. The van der Waals surface area contributed by atoms with E-state index in [0.717, 1.165) is 38.9 Å². The quantitative estimate of drug-likeness (QED) is 0.774. The molecule has 1 aliphatic heterocycles. The zero-order valence-corrected chi connectivity index (χ0v) is 10.5. The first kappa shape index (κ1) is 13.0. The van der Waals surface area contributed by atoms with Gasteiger partial charge in [-0.15, -0.1) is 0 Å². The zero-order chi connectivity index (χ0) is 12.0. The van der Waals surface area contributed by atoms with E-state index in [0.29, 0.717) is 18.8 Å². The number of carbonyl (C=O) groups is 1. The van der Waals surface area contributed by atoms with Crippen LogP contribution in [0.25, 0.3) is 0 Å². The Morgan fingerprint density at radius 2 is 2.06 bits per heavy atom. The minimum absolute atomic E-state index is 0.211. The van der Waals surface area contributed by atoms with Gasteiger partial charge >= 0.3 is 0 Å². The highest BCUT2D eigenvalue weighted by Crippen LogP contribution is 2.11. The van der Waals surface area contributed by atoms with E-state index in [2.05, 4.69) is 0 Å². The van der Waals surface area contributed by atoms with Crippen molar-refractivity contribution >= 4 is 11.7 Å². The molecular weight excluding hydrogens is 202 g/mol. The largest absolute Gasteiger partial charge is 0.360 e. The molecule has 1 N–H and O–H groups in total. The third-order valence-electron chi connectivity index (χ3n) is 3.19. The lowest BCUT2D eigenvalue weighted by Crippen LogP contribution is -2.39. The van der Waals surface area contributed by atoms with E-state index in [-0.39, 0.29) is 5.91 Å². The molecule has 0 aromatic carbocycles. The Kier molecular flexibility index (Phi) is 5.29. The van der Waals surface area contributed by atoms with Gasteiger partial charge in [-0.2, -0.15) is 0 Å². The van der Waals surface area contributed by atoms with Crippen LogP contribution in [-0.4, -0.2) is 47.7 Å². The van der Waals surface area contributed by atoms with Crippen LogP contribution in [0.1, 0.15) is 39.5 Å². The number of amides is 1. The zero-order valence-electron chi connectivity index (χ0n) is 10.5. The Hall–Kier alpha value is -1.06. The number of likely N-dealkylation sites (tertiary alicyclic amines) is 1. The van der Waals surface area contributed by atoms with Gasteiger partial charge in [0.25, 0.3) is 0 Å². The van der Waals surface area contributed by atoms with Gasteiger partial charge in [-0.05, 0) is 26.7 Å². The molecule has 1 heterocycles. The summed E-state index contributed by atoms with van der Waals surface area (Å²) in [6.07, 6.45) is 3.70. The molecule has 0 atom stereocenters. The summed E-state index contributed by atoms with van der Waals surface area (Å²) in [4.78, 5) is 15.7. The number of nitrogens with one attached hydrogen (secondary N) is 1. The Bertz CT molecular complexity index is 249. The second kappa shape index (κ2) is 6.51. The van der Waals surface area contributed by atoms with Gasteiger partial charge in [-0.1, -0.05) is 0 Å². The van der Waals surface area contributed by atoms with Crippen LogP contribution in [0.3, 0.4) is 0 Å². The van der Waals surface area contributed by atoms with E-state index in [9.17, 15) is 4.79 Å². The van der Waals surface area contributed by atoms with Gasteiger partial charge in [0.15, 0.2) is 0 Å². The number of hydrogen-bond acceptors (Lipinski definition) is 2. The van der Waals surface area contributed by atoms with Gasteiger partial charge in [0.2, 0.25) is 5.91 Å². The van der Waals surface area contributed by atoms with Gasteiger partial charge in [0, 0.05) is 39.0 Å². The molecule has 1 fully saturated rings. The highest BCUT2D eigenvalue weighted by Gasteiger charge is 2.17. The lowest BCUT2D eigenvalue weighted by molar-refractivity contribution is -0.131. The van der Waals surface area contributed by atoms with E-state index in [1.54, 1.807) is 0 Å². The Balaban J connectivity index is 2.32. The smallest absolute Gasteiger partial charge is 0.224 e. The van der Waals surface area contributed by atoms with Gasteiger partial charge < -0.3 is 9.80 Å². The summed E-state index contributed by atoms with van der Waals surface area (Å²) < 4.78 is 0. The molecule has 0 aliphatic carbocycles. The molecule has 0 bridgehead atoms.